The fourth-order valence-electron chi connectivity index (χ4n) is 4.46. The molecule has 0 saturated carbocycles. The van der Waals surface area contributed by atoms with Crippen molar-refractivity contribution >= 4 is 11.8 Å². The summed E-state index contributed by atoms with van der Waals surface area (Å²) in [6, 6.07) is 7.71. The molecule has 2 fully saturated rings. The topological polar surface area (TPSA) is 70.5 Å². The Balaban J connectivity index is 1.41. The van der Waals surface area contributed by atoms with Gasteiger partial charge < -0.3 is 15.1 Å². The van der Waals surface area contributed by atoms with Crippen LogP contribution in [0.1, 0.15) is 33.8 Å². The zero-order valence-corrected chi connectivity index (χ0v) is 17.2. The molecule has 154 valence electrons. The maximum Gasteiger partial charge on any atom is 0.253 e. The van der Waals surface area contributed by atoms with Crippen LogP contribution in [0.25, 0.3) is 0 Å². The molecule has 7 heteroatoms. The molecule has 29 heavy (non-hydrogen) atoms. The van der Waals surface area contributed by atoms with Gasteiger partial charge in [0.25, 0.3) is 5.91 Å². The van der Waals surface area contributed by atoms with Crippen molar-refractivity contribution < 1.29 is 9.59 Å². The molecule has 0 radical (unpaired) electrons. The van der Waals surface area contributed by atoms with Crippen LogP contribution in [-0.4, -0.2) is 70.7 Å². The molecular formula is C22H29N5O2. The molecule has 0 spiro atoms. The van der Waals surface area contributed by atoms with Crippen LogP contribution in [0.3, 0.4) is 0 Å². The lowest BCUT2D eigenvalue weighted by Gasteiger charge is -2.26. The molecular weight excluding hydrogens is 366 g/mol. The summed E-state index contributed by atoms with van der Waals surface area (Å²) >= 11 is 0. The third-order valence-corrected chi connectivity index (χ3v) is 6.04. The molecule has 1 N–H and O–H groups in total. The number of hydrogen-bond acceptors (Lipinski definition) is 4. The fourth-order valence-corrected chi connectivity index (χ4v) is 4.46. The Hall–Kier alpha value is -2.67. The van der Waals surface area contributed by atoms with E-state index in [2.05, 4.69) is 10.4 Å². The van der Waals surface area contributed by atoms with Crippen molar-refractivity contribution in [2.45, 2.75) is 19.3 Å². The standard InChI is InChI=1S/C22H29N5O2/c1-16-5-3-6-17(11-16)21(28)26-7-4-8-27(10-9-26)22(29)20-14-23-13-19(20)18-12-24-25(2)15-18/h3,5-6,11-12,15,19-20,23H,4,7-10,13-14H2,1-2H3/t19-,20+/m1/s1. The molecule has 2 saturated heterocycles. The van der Waals surface area contributed by atoms with Gasteiger partial charge in [-0.2, -0.15) is 5.10 Å². The number of rotatable bonds is 3. The van der Waals surface area contributed by atoms with Gasteiger partial charge in [0.05, 0.1) is 12.1 Å². The van der Waals surface area contributed by atoms with Crippen molar-refractivity contribution in [2.24, 2.45) is 13.0 Å². The number of nitrogens with zero attached hydrogens (tertiary/aromatic N) is 4. The Morgan fingerprint density at radius 3 is 2.66 bits per heavy atom. The molecule has 2 aromatic rings. The number of amides is 2. The van der Waals surface area contributed by atoms with E-state index in [4.69, 9.17) is 0 Å². The summed E-state index contributed by atoms with van der Waals surface area (Å²) < 4.78 is 1.79. The molecule has 0 aliphatic carbocycles. The summed E-state index contributed by atoms with van der Waals surface area (Å²) in [7, 11) is 1.90. The van der Waals surface area contributed by atoms with Crippen LogP contribution in [0.4, 0.5) is 0 Å². The Morgan fingerprint density at radius 2 is 1.90 bits per heavy atom. The van der Waals surface area contributed by atoms with Crippen LogP contribution in [0, 0.1) is 12.8 Å². The van der Waals surface area contributed by atoms with Crippen LogP contribution in [-0.2, 0) is 11.8 Å². The van der Waals surface area contributed by atoms with Crippen LogP contribution in [0.2, 0.25) is 0 Å². The first kappa shape index (κ1) is 19.6. The Bertz CT molecular complexity index is 893. The van der Waals surface area contributed by atoms with E-state index >= 15 is 0 Å². The number of hydrogen-bond donors (Lipinski definition) is 1. The van der Waals surface area contributed by atoms with Crippen LogP contribution in [0.15, 0.2) is 36.7 Å². The van der Waals surface area contributed by atoms with E-state index in [1.807, 2.05) is 60.4 Å². The average molecular weight is 396 g/mol. The van der Waals surface area contributed by atoms with Crippen molar-refractivity contribution in [3.8, 4) is 0 Å². The predicted octanol–water partition coefficient (Wildman–Crippen LogP) is 1.41. The molecule has 2 aliphatic rings. The second kappa shape index (κ2) is 8.37. The number of aromatic nitrogens is 2. The molecule has 4 rings (SSSR count). The first-order valence-electron chi connectivity index (χ1n) is 10.4. The largest absolute Gasteiger partial charge is 0.341 e. The molecule has 7 nitrogen and oxygen atoms in total. The highest BCUT2D eigenvalue weighted by molar-refractivity contribution is 5.94. The lowest BCUT2D eigenvalue weighted by molar-refractivity contribution is -0.135. The lowest BCUT2D eigenvalue weighted by atomic mass is 9.89. The second-order valence-electron chi connectivity index (χ2n) is 8.16. The van der Waals surface area contributed by atoms with E-state index in [1.165, 1.54) is 0 Å². The summed E-state index contributed by atoms with van der Waals surface area (Å²) in [5.74, 6) is 0.329. The van der Waals surface area contributed by atoms with Crippen molar-refractivity contribution in [3.05, 3.63) is 53.3 Å². The summed E-state index contributed by atoms with van der Waals surface area (Å²) in [5, 5.41) is 7.64. The highest BCUT2D eigenvalue weighted by atomic mass is 16.2. The third-order valence-electron chi connectivity index (χ3n) is 6.04. The Morgan fingerprint density at radius 1 is 1.10 bits per heavy atom. The lowest BCUT2D eigenvalue weighted by Crippen LogP contribution is -2.41. The van der Waals surface area contributed by atoms with Gasteiger partial charge in [0.15, 0.2) is 0 Å². The fraction of sp³-hybridized carbons (Fsp3) is 0.500. The molecule has 0 bridgehead atoms. The first-order chi connectivity index (χ1) is 14.0. The number of carbonyl (C=O) groups excluding carboxylic acids is 2. The molecule has 0 unspecified atom stereocenters. The number of nitrogens with one attached hydrogen (secondary N) is 1. The summed E-state index contributed by atoms with van der Waals surface area (Å²) in [6.07, 6.45) is 4.67. The van der Waals surface area contributed by atoms with Gasteiger partial charge >= 0.3 is 0 Å². The number of aryl methyl sites for hydroxylation is 2. The minimum Gasteiger partial charge on any atom is -0.341 e. The van der Waals surface area contributed by atoms with E-state index in [9.17, 15) is 9.59 Å². The van der Waals surface area contributed by atoms with Crippen molar-refractivity contribution in [1.82, 2.24) is 24.9 Å². The van der Waals surface area contributed by atoms with E-state index in [0.29, 0.717) is 32.7 Å². The molecule has 1 aromatic heterocycles. The van der Waals surface area contributed by atoms with E-state index in [0.717, 1.165) is 29.7 Å². The molecule has 2 aliphatic heterocycles. The maximum atomic E-state index is 13.3. The minimum atomic E-state index is -0.0711. The highest BCUT2D eigenvalue weighted by Gasteiger charge is 2.37. The van der Waals surface area contributed by atoms with Gasteiger partial charge in [-0.15, -0.1) is 0 Å². The molecule has 2 amide bonds. The van der Waals surface area contributed by atoms with Crippen molar-refractivity contribution in [2.75, 3.05) is 39.3 Å². The van der Waals surface area contributed by atoms with E-state index in [1.54, 1.807) is 4.68 Å². The number of benzene rings is 1. The third kappa shape index (κ3) is 4.19. The molecule has 2 atom stereocenters. The summed E-state index contributed by atoms with van der Waals surface area (Å²) in [4.78, 5) is 30.0. The Kier molecular flexibility index (Phi) is 5.67. The average Bonchev–Trinajstić information content (AvgIpc) is 3.29. The van der Waals surface area contributed by atoms with Crippen molar-refractivity contribution in [3.63, 3.8) is 0 Å². The molecule has 1 aromatic carbocycles. The zero-order valence-electron chi connectivity index (χ0n) is 17.2. The van der Waals surface area contributed by atoms with Gasteiger partial charge in [0.1, 0.15) is 0 Å². The van der Waals surface area contributed by atoms with Gasteiger partial charge in [-0.25, -0.2) is 0 Å². The second-order valence-corrected chi connectivity index (χ2v) is 8.16. The first-order valence-corrected chi connectivity index (χ1v) is 10.4. The SMILES string of the molecule is Cc1cccc(C(=O)N2CCCN(C(=O)[C@H]3CNC[C@@H]3c3cnn(C)c3)CC2)c1. The monoisotopic (exact) mass is 395 g/mol. The number of carbonyl (C=O) groups is 2. The minimum absolute atomic E-state index is 0.0544. The van der Waals surface area contributed by atoms with Gasteiger partial charge in [-0.05, 0) is 31.0 Å². The van der Waals surface area contributed by atoms with Gasteiger partial charge in [-0.3, -0.25) is 14.3 Å². The van der Waals surface area contributed by atoms with E-state index in [-0.39, 0.29) is 23.7 Å². The maximum absolute atomic E-state index is 13.3. The summed E-state index contributed by atoms with van der Waals surface area (Å²) in [5.41, 5.74) is 2.92. The predicted molar refractivity (Wildman–Crippen MR) is 111 cm³/mol. The van der Waals surface area contributed by atoms with E-state index < -0.39 is 0 Å². The smallest absolute Gasteiger partial charge is 0.253 e. The van der Waals surface area contributed by atoms with Crippen LogP contribution >= 0.6 is 0 Å². The zero-order chi connectivity index (χ0) is 20.4. The van der Waals surface area contributed by atoms with Crippen LogP contribution < -0.4 is 5.32 Å². The van der Waals surface area contributed by atoms with Gasteiger partial charge in [0.2, 0.25) is 5.91 Å². The van der Waals surface area contributed by atoms with Gasteiger partial charge in [-0.1, -0.05) is 17.7 Å². The quantitative estimate of drug-likeness (QED) is 0.853. The molecule has 3 heterocycles. The van der Waals surface area contributed by atoms with Crippen molar-refractivity contribution in [1.29, 1.82) is 0 Å². The van der Waals surface area contributed by atoms with Crippen LogP contribution in [0.5, 0.6) is 0 Å². The highest BCUT2D eigenvalue weighted by Crippen LogP contribution is 2.29. The normalized spacial score (nSPS) is 22.6. The Labute approximate surface area is 171 Å². The van der Waals surface area contributed by atoms with Gasteiger partial charge in [0, 0.05) is 64.0 Å². The summed E-state index contributed by atoms with van der Waals surface area (Å²) in [6.45, 7) is 6.05.